The molecule has 0 aromatic heterocycles. The first-order valence-electron chi connectivity index (χ1n) is 34.7. The van der Waals surface area contributed by atoms with Crippen LogP contribution in [0.2, 0.25) is 0 Å². The number of aliphatic hydroxyl groups is 8. The third kappa shape index (κ3) is 39.9. The minimum atomic E-state index is -1.78. The van der Waals surface area contributed by atoms with Crippen LogP contribution >= 0.6 is 0 Å². The van der Waals surface area contributed by atoms with Crippen molar-refractivity contribution in [2.24, 2.45) is 0 Å². The fourth-order valence-corrected chi connectivity index (χ4v) is 11.2. The fourth-order valence-electron chi connectivity index (χ4n) is 11.2. The van der Waals surface area contributed by atoms with E-state index in [0.717, 1.165) is 89.9 Å². The average Bonchev–Trinajstić information content (AvgIpc) is 3.65. The summed E-state index contributed by atoms with van der Waals surface area (Å²) in [6, 6.07) is -0.830. The van der Waals surface area contributed by atoms with Crippen molar-refractivity contribution in [3.8, 4) is 0 Å². The molecule has 2 heterocycles. The second kappa shape index (κ2) is 55.5. The molecule has 2 rings (SSSR count). The van der Waals surface area contributed by atoms with E-state index in [1.165, 1.54) is 161 Å². The molecule has 0 aliphatic carbocycles. The van der Waals surface area contributed by atoms with Crippen LogP contribution in [0.4, 0.5) is 0 Å². The van der Waals surface area contributed by atoms with Gasteiger partial charge in [0.15, 0.2) is 12.6 Å². The van der Waals surface area contributed by atoms with Crippen LogP contribution in [-0.2, 0) is 23.7 Å². The highest BCUT2D eigenvalue weighted by Crippen LogP contribution is 2.30. The molecule has 2 saturated heterocycles. The number of allylic oxidation sites excluding steroid dienone is 12. The second-order valence-corrected chi connectivity index (χ2v) is 24.3. The zero-order valence-electron chi connectivity index (χ0n) is 53.6. The molecule has 9 N–H and O–H groups in total. The van der Waals surface area contributed by atoms with Crippen molar-refractivity contribution < 1.29 is 64.6 Å². The highest BCUT2D eigenvalue weighted by atomic mass is 16.7. The van der Waals surface area contributed by atoms with Crippen molar-refractivity contribution in [3.63, 3.8) is 0 Å². The molecule has 2 fully saturated rings. The van der Waals surface area contributed by atoms with E-state index in [4.69, 9.17) is 18.9 Å². The summed E-state index contributed by atoms with van der Waals surface area (Å²) in [5.74, 6) is -0.205. The van der Waals surface area contributed by atoms with Gasteiger partial charge >= 0.3 is 0 Å². The Kier molecular flexibility index (Phi) is 51.3. The highest BCUT2D eigenvalue weighted by Gasteiger charge is 2.51. The normalized spacial score (nSPS) is 24.0. The summed E-state index contributed by atoms with van der Waals surface area (Å²) in [5, 5.41) is 87.4. The van der Waals surface area contributed by atoms with Crippen molar-refractivity contribution in [3.05, 3.63) is 72.9 Å². The van der Waals surface area contributed by atoms with Crippen LogP contribution in [0.5, 0.6) is 0 Å². The van der Waals surface area contributed by atoms with Crippen LogP contribution in [0.15, 0.2) is 72.9 Å². The molecule has 2 aliphatic rings. The molecule has 0 radical (unpaired) electrons. The number of aliphatic hydroxyl groups excluding tert-OH is 8. The number of amides is 1. The second-order valence-electron chi connectivity index (χ2n) is 24.3. The molecule has 2 aliphatic heterocycles. The lowest BCUT2D eigenvalue weighted by Gasteiger charge is -2.46. The number of ether oxygens (including phenoxy) is 4. The summed E-state index contributed by atoms with van der Waals surface area (Å²) in [5.41, 5.74) is 0. The minimum absolute atomic E-state index is 0.205. The SMILES string of the molecule is CC/C=C\C/C=C\C/C=C\C/C=C\C/C=C\C/C=C\CCCCCCCCCCCCCCCCCCCCC(=O)NC(COC1OC(CO)C(OC2OC(CO)C(O)C(O)C2O)C(O)C1O)C(O)CCCCCCCCCCCCCCCC. The fraction of sp³-hybridized carbons (Fsp3) is 0.817. The van der Waals surface area contributed by atoms with Crippen LogP contribution in [0, 0.1) is 0 Å². The molecule has 494 valence electrons. The molecule has 14 nitrogen and oxygen atoms in total. The summed E-state index contributed by atoms with van der Waals surface area (Å²) in [7, 11) is 0. The average molecular weight is 1200 g/mol. The third-order valence-electron chi connectivity index (χ3n) is 16.7. The Morgan fingerprint density at radius 2 is 0.812 bits per heavy atom. The largest absolute Gasteiger partial charge is 0.394 e. The van der Waals surface area contributed by atoms with Gasteiger partial charge in [0.1, 0.15) is 48.8 Å². The predicted molar refractivity (Wildman–Crippen MR) is 346 cm³/mol. The summed E-state index contributed by atoms with van der Waals surface area (Å²) in [4.78, 5) is 13.3. The number of carbonyl (C=O) groups excluding carboxylic acids is 1. The Morgan fingerprint density at radius 3 is 1.25 bits per heavy atom. The third-order valence-corrected chi connectivity index (χ3v) is 16.7. The Bertz CT molecular complexity index is 1700. The molecule has 0 spiro atoms. The van der Waals surface area contributed by atoms with Gasteiger partial charge in [-0.3, -0.25) is 4.79 Å². The molecule has 85 heavy (non-hydrogen) atoms. The van der Waals surface area contributed by atoms with Gasteiger partial charge in [0.05, 0.1) is 32.0 Å². The van der Waals surface area contributed by atoms with Gasteiger partial charge in [0.25, 0.3) is 0 Å². The maximum absolute atomic E-state index is 13.3. The van der Waals surface area contributed by atoms with Gasteiger partial charge in [-0.2, -0.15) is 0 Å². The van der Waals surface area contributed by atoms with Gasteiger partial charge in [-0.25, -0.2) is 0 Å². The molecule has 14 heteroatoms. The van der Waals surface area contributed by atoms with E-state index in [0.29, 0.717) is 12.8 Å². The van der Waals surface area contributed by atoms with Crippen molar-refractivity contribution in [1.82, 2.24) is 5.32 Å². The monoisotopic (exact) mass is 1200 g/mol. The van der Waals surface area contributed by atoms with E-state index in [1.807, 2.05) is 0 Å². The van der Waals surface area contributed by atoms with E-state index < -0.39 is 86.8 Å². The van der Waals surface area contributed by atoms with E-state index in [1.54, 1.807) is 0 Å². The molecule has 0 saturated carbocycles. The standard InChI is InChI=1S/C71H127NO13/c1-3-5-7-9-11-13-15-17-19-20-21-22-23-24-25-26-27-28-29-30-31-32-33-34-35-36-37-38-39-40-41-43-45-47-49-51-53-55-63(76)72-59(60(75)54-52-50-48-46-44-42-18-16-14-12-10-8-6-4-2)58-82-70-68(81)66(79)69(62(57-74)84-70)85-71-67(80)65(78)64(77)61(56-73)83-71/h5,7,11,13,17,19,21-22,24-25,27-28,59-62,64-71,73-75,77-81H,3-4,6,8-10,12,14-16,18,20,23,26,29-58H2,1-2H3,(H,72,76)/b7-5-,13-11-,19-17-,22-21-,25-24-,28-27-. The van der Waals surface area contributed by atoms with Gasteiger partial charge in [-0.05, 0) is 64.2 Å². The van der Waals surface area contributed by atoms with Gasteiger partial charge in [-0.1, -0.05) is 279 Å². The minimum Gasteiger partial charge on any atom is -0.394 e. The Balaban J connectivity index is 1.59. The number of rotatable bonds is 56. The molecule has 0 aromatic carbocycles. The van der Waals surface area contributed by atoms with E-state index in [2.05, 4.69) is 92.1 Å². The van der Waals surface area contributed by atoms with E-state index in [9.17, 15) is 45.6 Å². The van der Waals surface area contributed by atoms with Crippen molar-refractivity contribution in [2.75, 3.05) is 19.8 Å². The summed E-state index contributed by atoms with van der Waals surface area (Å²) in [6.45, 7) is 2.76. The number of carbonyl (C=O) groups is 1. The van der Waals surface area contributed by atoms with E-state index in [-0.39, 0.29) is 12.5 Å². The summed E-state index contributed by atoms with van der Waals surface area (Å²) < 4.78 is 22.9. The number of unbranched alkanes of at least 4 members (excludes halogenated alkanes) is 31. The van der Waals surface area contributed by atoms with Crippen LogP contribution in [0.3, 0.4) is 0 Å². The molecule has 1 amide bonds. The van der Waals surface area contributed by atoms with Gasteiger partial charge < -0.3 is 65.1 Å². The van der Waals surface area contributed by atoms with Crippen molar-refractivity contribution >= 4 is 5.91 Å². The lowest BCUT2D eigenvalue weighted by atomic mass is 9.97. The van der Waals surface area contributed by atoms with Crippen LogP contribution in [0.1, 0.15) is 277 Å². The van der Waals surface area contributed by atoms with Gasteiger partial charge in [0.2, 0.25) is 5.91 Å². The maximum atomic E-state index is 13.3. The van der Waals surface area contributed by atoms with Crippen LogP contribution in [0.25, 0.3) is 0 Å². The summed E-state index contributed by atoms with van der Waals surface area (Å²) in [6.07, 6.45) is 57.8. The first-order chi connectivity index (χ1) is 41.6. The lowest BCUT2D eigenvalue weighted by Crippen LogP contribution is -2.65. The highest BCUT2D eigenvalue weighted by molar-refractivity contribution is 5.76. The molecule has 0 aromatic rings. The number of hydrogen-bond acceptors (Lipinski definition) is 13. The van der Waals surface area contributed by atoms with E-state index >= 15 is 0 Å². The Labute approximate surface area is 517 Å². The predicted octanol–water partition coefficient (Wildman–Crippen LogP) is 13.8. The summed E-state index contributed by atoms with van der Waals surface area (Å²) >= 11 is 0. The molecular formula is C71H127NO13. The quantitative estimate of drug-likeness (QED) is 0.0204. The lowest BCUT2D eigenvalue weighted by molar-refractivity contribution is -0.359. The Morgan fingerprint density at radius 1 is 0.435 bits per heavy atom. The molecule has 0 bridgehead atoms. The topological polar surface area (TPSA) is 228 Å². The first-order valence-corrected chi connectivity index (χ1v) is 34.7. The van der Waals surface area contributed by atoms with Gasteiger partial charge in [0, 0.05) is 6.42 Å². The van der Waals surface area contributed by atoms with Crippen molar-refractivity contribution in [2.45, 2.75) is 351 Å². The molecular weight excluding hydrogens is 1070 g/mol. The van der Waals surface area contributed by atoms with Crippen molar-refractivity contribution in [1.29, 1.82) is 0 Å². The number of nitrogens with one attached hydrogen (secondary N) is 1. The number of hydrogen-bond donors (Lipinski definition) is 9. The van der Waals surface area contributed by atoms with Gasteiger partial charge in [-0.15, -0.1) is 0 Å². The zero-order valence-corrected chi connectivity index (χ0v) is 53.6. The molecule has 12 atom stereocenters. The zero-order chi connectivity index (χ0) is 61.6. The smallest absolute Gasteiger partial charge is 0.220 e. The Hall–Kier alpha value is -2.57. The van der Waals surface area contributed by atoms with Crippen LogP contribution < -0.4 is 5.32 Å². The maximum Gasteiger partial charge on any atom is 0.220 e. The van der Waals surface area contributed by atoms with Crippen LogP contribution in [-0.4, -0.2) is 140 Å². The molecule has 12 unspecified atom stereocenters. The first kappa shape index (κ1) is 78.5.